The molecule has 1 nitrogen and oxygen atoms in total. The number of allylic oxidation sites excluding steroid dienone is 5. The van der Waals surface area contributed by atoms with Crippen molar-refractivity contribution in [3.63, 3.8) is 0 Å². The minimum Gasteiger partial charge on any atom is -0.298 e. The van der Waals surface area contributed by atoms with Crippen LogP contribution in [-0.2, 0) is 4.79 Å². The fourth-order valence-electron chi connectivity index (χ4n) is 1.07. The van der Waals surface area contributed by atoms with Crippen LogP contribution in [0.15, 0.2) is 35.5 Å². The summed E-state index contributed by atoms with van der Waals surface area (Å²) in [5, 5.41) is 0. The van der Waals surface area contributed by atoms with Gasteiger partial charge >= 0.3 is 0 Å². The first-order valence-electron chi connectivity index (χ1n) is 5.00. The third-order valence-electron chi connectivity index (χ3n) is 1.99. The van der Waals surface area contributed by atoms with E-state index in [9.17, 15) is 4.79 Å². The topological polar surface area (TPSA) is 17.1 Å². The normalized spacial score (nSPS) is 12.8. The third-order valence-corrected chi connectivity index (χ3v) is 1.99. The maximum absolute atomic E-state index is 10.3. The summed E-state index contributed by atoms with van der Waals surface area (Å²) in [4.78, 5) is 10.3. The Kier molecular flexibility index (Phi) is 6.73. The van der Waals surface area contributed by atoms with Crippen LogP contribution in [0.4, 0.5) is 0 Å². The van der Waals surface area contributed by atoms with Gasteiger partial charge in [0.05, 0.1) is 0 Å². The van der Waals surface area contributed by atoms with Crippen LogP contribution in [0.25, 0.3) is 0 Å². The van der Waals surface area contributed by atoms with Gasteiger partial charge in [-0.05, 0) is 45.6 Å². The van der Waals surface area contributed by atoms with Crippen molar-refractivity contribution >= 4 is 6.29 Å². The molecule has 0 aromatic rings. The number of rotatable bonds is 6. The molecule has 0 aromatic heterocycles. The van der Waals surface area contributed by atoms with Crippen molar-refractivity contribution < 1.29 is 4.79 Å². The van der Waals surface area contributed by atoms with Gasteiger partial charge in [0.25, 0.3) is 0 Å². The van der Waals surface area contributed by atoms with Crippen LogP contribution in [0.3, 0.4) is 0 Å². The van der Waals surface area contributed by atoms with Crippen LogP contribution in [0, 0.1) is 0 Å². The predicted octanol–water partition coefficient (Wildman–Crippen LogP) is 3.82. The summed E-state index contributed by atoms with van der Waals surface area (Å²) in [6.07, 6.45) is 8.06. The van der Waals surface area contributed by atoms with E-state index >= 15 is 0 Å². The molecule has 0 saturated heterocycles. The first-order chi connectivity index (χ1) is 6.56. The summed E-state index contributed by atoms with van der Waals surface area (Å²) >= 11 is 0. The van der Waals surface area contributed by atoms with Crippen molar-refractivity contribution in [2.45, 2.75) is 40.0 Å². The minimum absolute atomic E-state index is 0.768. The van der Waals surface area contributed by atoms with Crippen LogP contribution >= 0.6 is 0 Å². The van der Waals surface area contributed by atoms with Crippen LogP contribution < -0.4 is 0 Å². The largest absolute Gasteiger partial charge is 0.298 e. The zero-order valence-corrected chi connectivity index (χ0v) is 9.47. The number of hydrogen-bond acceptors (Lipinski definition) is 1. The van der Waals surface area contributed by atoms with Gasteiger partial charge in [-0.1, -0.05) is 23.3 Å². The standard InChI is InChI=1S/C13H20O/c1-11(2)6-5-7-12(3)8-9-13(4)10-14/h8-10H,1,5-7H2,2-4H3. The van der Waals surface area contributed by atoms with E-state index in [1.54, 1.807) is 0 Å². The lowest BCUT2D eigenvalue weighted by Gasteiger charge is -2.00. The molecule has 0 saturated carbocycles. The van der Waals surface area contributed by atoms with E-state index in [1.807, 2.05) is 19.1 Å². The molecule has 0 aromatic carbocycles. The average molecular weight is 192 g/mol. The Morgan fingerprint density at radius 3 is 2.29 bits per heavy atom. The molecule has 0 atom stereocenters. The Morgan fingerprint density at radius 1 is 1.14 bits per heavy atom. The molecule has 0 amide bonds. The summed E-state index contributed by atoms with van der Waals surface area (Å²) in [6, 6.07) is 0. The van der Waals surface area contributed by atoms with E-state index in [0.29, 0.717) is 0 Å². The highest BCUT2D eigenvalue weighted by Crippen LogP contribution is 2.10. The SMILES string of the molecule is C=C(C)CCCC(C)=CC=C(C)C=O. The molecule has 0 aliphatic carbocycles. The lowest BCUT2D eigenvalue weighted by atomic mass is 10.1. The summed E-state index contributed by atoms with van der Waals surface area (Å²) in [6.45, 7) is 9.81. The molecular weight excluding hydrogens is 172 g/mol. The lowest BCUT2D eigenvalue weighted by molar-refractivity contribution is -0.104. The monoisotopic (exact) mass is 192 g/mol. The predicted molar refractivity (Wildman–Crippen MR) is 62.2 cm³/mol. The molecule has 78 valence electrons. The van der Waals surface area contributed by atoms with E-state index in [1.165, 1.54) is 11.1 Å². The first kappa shape index (κ1) is 12.9. The molecule has 0 unspecified atom stereocenters. The highest BCUT2D eigenvalue weighted by atomic mass is 16.1. The van der Waals surface area contributed by atoms with Gasteiger partial charge < -0.3 is 0 Å². The highest BCUT2D eigenvalue weighted by molar-refractivity contribution is 5.72. The van der Waals surface area contributed by atoms with Gasteiger partial charge in [-0.15, -0.1) is 6.58 Å². The molecule has 14 heavy (non-hydrogen) atoms. The van der Waals surface area contributed by atoms with E-state index < -0.39 is 0 Å². The van der Waals surface area contributed by atoms with Crippen LogP contribution in [0.5, 0.6) is 0 Å². The van der Waals surface area contributed by atoms with Gasteiger partial charge in [0.2, 0.25) is 0 Å². The molecule has 0 heterocycles. The summed E-state index contributed by atoms with van der Waals surface area (Å²) in [5.41, 5.74) is 3.31. The van der Waals surface area contributed by atoms with Gasteiger partial charge in [0.1, 0.15) is 6.29 Å². The molecule has 0 aliphatic heterocycles. The quantitative estimate of drug-likeness (QED) is 0.270. The lowest BCUT2D eigenvalue weighted by Crippen LogP contribution is -1.81. The summed E-state index contributed by atoms with van der Waals surface area (Å²) in [7, 11) is 0. The molecule has 0 spiro atoms. The molecule has 1 heteroatoms. The van der Waals surface area contributed by atoms with E-state index in [0.717, 1.165) is 31.1 Å². The Morgan fingerprint density at radius 2 is 1.79 bits per heavy atom. The van der Waals surface area contributed by atoms with E-state index in [4.69, 9.17) is 0 Å². The summed E-state index contributed by atoms with van der Waals surface area (Å²) in [5.74, 6) is 0. The third kappa shape index (κ3) is 7.53. The van der Waals surface area contributed by atoms with Crippen LogP contribution in [-0.4, -0.2) is 6.29 Å². The number of hydrogen-bond donors (Lipinski definition) is 0. The maximum Gasteiger partial charge on any atom is 0.145 e. The molecule has 0 N–H and O–H groups in total. The zero-order valence-electron chi connectivity index (χ0n) is 9.47. The van der Waals surface area contributed by atoms with Gasteiger partial charge in [0, 0.05) is 0 Å². The first-order valence-corrected chi connectivity index (χ1v) is 5.00. The van der Waals surface area contributed by atoms with Gasteiger partial charge in [-0.25, -0.2) is 0 Å². The Balaban J connectivity index is 3.89. The van der Waals surface area contributed by atoms with Crippen molar-refractivity contribution in [1.29, 1.82) is 0 Å². The van der Waals surface area contributed by atoms with Crippen molar-refractivity contribution in [2.75, 3.05) is 0 Å². The van der Waals surface area contributed by atoms with Crippen LogP contribution in [0.2, 0.25) is 0 Å². The fourth-order valence-corrected chi connectivity index (χ4v) is 1.07. The van der Waals surface area contributed by atoms with Crippen molar-refractivity contribution in [3.8, 4) is 0 Å². The van der Waals surface area contributed by atoms with Gasteiger partial charge in [0.15, 0.2) is 0 Å². The second kappa shape index (κ2) is 7.31. The zero-order chi connectivity index (χ0) is 11.0. The fraction of sp³-hybridized carbons (Fsp3) is 0.462. The number of carbonyl (C=O) groups is 1. The Hall–Kier alpha value is -1.11. The van der Waals surface area contributed by atoms with Crippen molar-refractivity contribution in [3.05, 3.63) is 35.5 Å². The molecule has 0 aliphatic rings. The van der Waals surface area contributed by atoms with Gasteiger partial charge in [-0.2, -0.15) is 0 Å². The van der Waals surface area contributed by atoms with E-state index in [-0.39, 0.29) is 0 Å². The summed E-state index contributed by atoms with van der Waals surface area (Å²) < 4.78 is 0. The van der Waals surface area contributed by atoms with Crippen molar-refractivity contribution in [1.82, 2.24) is 0 Å². The minimum atomic E-state index is 0.768. The Labute approximate surface area is 87.2 Å². The maximum atomic E-state index is 10.3. The molecule has 0 rings (SSSR count). The number of aldehydes is 1. The van der Waals surface area contributed by atoms with Gasteiger partial charge in [-0.3, -0.25) is 4.79 Å². The molecule has 0 bridgehead atoms. The second-order valence-electron chi connectivity index (χ2n) is 3.85. The highest BCUT2D eigenvalue weighted by Gasteiger charge is 1.91. The molecule has 0 radical (unpaired) electrons. The number of carbonyl (C=O) groups excluding carboxylic acids is 1. The second-order valence-corrected chi connectivity index (χ2v) is 3.85. The molecule has 0 fully saturated rings. The van der Waals surface area contributed by atoms with E-state index in [2.05, 4.69) is 20.4 Å². The average Bonchev–Trinajstić information content (AvgIpc) is 2.13. The Bertz CT molecular complexity index is 256. The van der Waals surface area contributed by atoms with Crippen molar-refractivity contribution in [2.24, 2.45) is 0 Å². The smallest absolute Gasteiger partial charge is 0.145 e. The molecular formula is C13H20O. The van der Waals surface area contributed by atoms with Crippen LogP contribution in [0.1, 0.15) is 40.0 Å².